The average Bonchev–Trinajstić information content (AvgIpc) is 2.59. The number of alkyl halides is 1. The third-order valence-electron chi connectivity index (χ3n) is 4.88. The van der Waals surface area contributed by atoms with Gasteiger partial charge in [0.1, 0.15) is 5.78 Å². The summed E-state index contributed by atoms with van der Waals surface area (Å²) in [5.74, 6) is -2.24. The first-order chi connectivity index (χ1) is 11.5. The van der Waals surface area contributed by atoms with E-state index in [1.54, 1.807) is 11.8 Å². The largest absolute Gasteiger partial charge is 0.464 e. The van der Waals surface area contributed by atoms with E-state index >= 15 is 0 Å². The zero-order valence-corrected chi connectivity index (χ0v) is 14.3. The lowest BCUT2D eigenvalue weighted by molar-refractivity contribution is -0.166. The number of fused-ring (bicyclic) bond motifs is 2. The molecule has 3 unspecified atom stereocenters. The van der Waals surface area contributed by atoms with Gasteiger partial charge in [-0.3, -0.25) is 9.59 Å². The molecule has 0 radical (unpaired) electrons. The zero-order chi connectivity index (χ0) is 17.3. The van der Waals surface area contributed by atoms with E-state index in [1.807, 2.05) is 30.3 Å². The number of Topliss-reactive ketones (excluding diaryl/α,β-unsaturated/α-hetero) is 1. The molecule has 1 saturated carbocycles. The summed E-state index contributed by atoms with van der Waals surface area (Å²) in [6, 6.07) is 9.48. The normalized spacial score (nSPS) is 29.5. The molecule has 1 aliphatic carbocycles. The third-order valence-corrected chi connectivity index (χ3v) is 5.46. The molecule has 1 aromatic carbocycles. The number of hydrogen-bond acceptors (Lipinski definition) is 4. The lowest BCUT2D eigenvalue weighted by Gasteiger charge is -2.48. The van der Waals surface area contributed by atoms with Crippen LogP contribution in [0.1, 0.15) is 31.7 Å². The van der Waals surface area contributed by atoms with E-state index < -0.39 is 22.7 Å². The minimum atomic E-state index is -1.93. The zero-order valence-electron chi connectivity index (χ0n) is 13.5. The van der Waals surface area contributed by atoms with Gasteiger partial charge < -0.3 is 9.64 Å². The number of carbonyl (C=O) groups excluding carboxylic acids is 3. The predicted octanol–water partition coefficient (Wildman–Crippen LogP) is 2.31. The number of likely N-dealkylation sites (tertiary alicyclic amines) is 1. The number of rotatable bonds is 4. The Morgan fingerprint density at radius 3 is 2.71 bits per heavy atom. The van der Waals surface area contributed by atoms with Crippen LogP contribution in [0, 0.1) is 5.92 Å². The minimum Gasteiger partial charge on any atom is -0.464 e. The number of halogens is 1. The second-order valence-electron chi connectivity index (χ2n) is 6.30. The van der Waals surface area contributed by atoms with Crippen LogP contribution < -0.4 is 0 Å². The lowest BCUT2D eigenvalue weighted by Crippen LogP contribution is -2.66. The number of carbonyl (C=O) groups is 3. The molecule has 5 nitrogen and oxygen atoms in total. The molecule has 1 aliphatic heterocycles. The highest BCUT2D eigenvalue weighted by molar-refractivity contribution is 6.47. The Balaban J connectivity index is 1.95. The average molecular weight is 350 g/mol. The Hall–Kier alpha value is -1.88. The molecule has 3 rings (SSSR count). The van der Waals surface area contributed by atoms with Gasteiger partial charge in [-0.2, -0.15) is 0 Å². The molecule has 0 aromatic heterocycles. The Labute approximate surface area is 145 Å². The summed E-state index contributed by atoms with van der Waals surface area (Å²) < 4.78 is 5.02. The van der Waals surface area contributed by atoms with Crippen molar-refractivity contribution >= 4 is 29.3 Å². The van der Waals surface area contributed by atoms with Gasteiger partial charge in [0.25, 0.3) is 5.91 Å². The standard InChI is InChI=1S/C18H20ClNO4/c1-2-24-17(23)18(19)14-10-13(8-9-15(14)21)20(16(18)22)11-12-6-4-3-5-7-12/h3-7,13-14H,2,8-11H2,1H3. The number of ether oxygens (including phenoxy) is 1. The number of nitrogens with zero attached hydrogens (tertiary/aromatic N) is 1. The molecular weight excluding hydrogens is 330 g/mol. The van der Waals surface area contributed by atoms with E-state index in [9.17, 15) is 14.4 Å². The summed E-state index contributed by atoms with van der Waals surface area (Å²) in [5.41, 5.74) is 0.962. The van der Waals surface area contributed by atoms with Crippen molar-refractivity contribution in [2.45, 2.75) is 43.6 Å². The SMILES string of the molecule is CCOC(=O)C1(Cl)C(=O)N(Cc2ccccc2)C2CCC(=O)C1C2. The minimum absolute atomic E-state index is 0.0679. The van der Waals surface area contributed by atoms with Crippen molar-refractivity contribution in [2.75, 3.05) is 6.61 Å². The summed E-state index contributed by atoms with van der Waals surface area (Å²) >= 11 is 6.49. The summed E-state index contributed by atoms with van der Waals surface area (Å²) in [5, 5.41) is 0. The molecule has 6 heteroatoms. The summed E-state index contributed by atoms with van der Waals surface area (Å²) in [6.45, 7) is 2.14. The van der Waals surface area contributed by atoms with Crippen LogP contribution in [-0.2, 0) is 25.7 Å². The number of piperidine rings is 1. The van der Waals surface area contributed by atoms with Gasteiger partial charge >= 0.3 is 5.97 Å². The smallest absolute Gasteiger partial charge is 0.337 e. The molecule has 0 N–H and O–H groups in total. The highest BCUT2D eigenvalue weighted by Gasteiger charge is 2.62. The van der Waals surface area contributed by atoms with Gasteiger partial charge in [-0.25, -0.2) is 4.79 Å². The maximum atomic E-state index is 13.1. The predicted molar refractivity (Wildman–Crippen MR) is 88.3 cm³/mol. The van der Waals surface area contributed by atoms with Gasteiger partial charge in [-0.1, -0.05) is 41.9 Å². The molecule has 0 spiro atoms. The van der Waals surface area contributed by atoms with E-state index in [4.69, 9.17) is 16.3 Å². The van der Waals surface area contributed by atoms with Gasteiger partial charge in [0.05, 0.1) is 12.5 Å². The summed E-state index contributed by atoms with van der Waals surface area (Å²) in [4.78, 5) is 37.5. The first-order valence-corrected chi connectivity index (χ1v) is 8.60. The Kier molecular flexibility index (Phi) is 4.63. The monoisotopic (exact) mass is 349 g/mol. The molecule has 1 saturated heterocycles. The van der Waals surface area contributed by atoms with Crippen molar-refractivity contribution < 1.29 is 19.1 Å². The van der Waals surface area contributed by atoms with Crippen molar-refractivity contribution in [1.82, 2.24) is 4.90 Å². The Bertz CT molecular complexity index is 662. The number of esters is 1. The van der Waals surface area contributed by atoms with Crippen molar-refractivity contribution in [3.63, 3.8) is 0 Å². The maximum Gasteiger partial charge on any atom is 0.337 e. The molecule has 1 amide bonds. The second-order valence-corrected chi connectivity index (χ2v) is 6.89. The van der Waals surface area contributed by atoms with Crippen LogP contribution in [0.2, 0.25) is 0 Å². The van der Waals surface area contributed by atoms with Gasteiger partial charge in [0.2, 0.25) is 4.87 Å². The van der Waals surface area contributed by atoms with Gasteiger partial charge in [0.15, 0.2) is 0 Å². The Morgan fingerprint density at radius 1 is 1.33 bits per heavy atom. The number of benzene rings is 1. The van der Waals surface area contributed by atoms with Crippen molar-refractivity contribution in [3.8, 4) is 0 Å². The fourth-order valence-electron chi connectivity index (χ4n) is 3.64. The second kappa shape index (κ2) is 6.55. The van der Waals surface area contributed by atoms with Crippen LogP contribution in [0.4, 0.5) is 0 Å². The molecule has 1 heterocycles. The first kappa shape index (κ1) is 17.0. The maximum absolute atomic E-state index is 13.1. The van der Waals surface area contributed by atoms with E-state index in [0.717, 1.165) is 5.56 Å². The Morgan fingerprint density at radius 2 is 2.04 bits per heavy atom. The molecular formula is C18H20ClNO4. The number of amides is 1. The van der Waals surface area contributed by atoms with Crippen molar-refractivity contribution in [3.05, 3.63) is 35.9 Å². The number of ketones is 1. The van der Waals surface area contributed by atoms with Crippen LogP contribution in [-0.4, -0.2) is 40.1 Å². The van der Waals surface area contributed by atoms with Gasteiger partial charge in [-0.15, -0.1) is 0 Å². The molecule has 2 fully saturated rings. The molecule has 1 aromatic rings. The van der Waals surface area contributed by atoms with Gasteiger partial charge in [-0.05, 0) is 25.3 Å². The highest BCUT2D eigenvalue weighted by Crippen LogP contribution is 2.44. The summed E-state index contributed by atoms with van der Waals surface area (Å²) in [6.07, 6.45) is 1.37. The van der Waals surface area contributed by atoms with Crippen LogP contribution in [0.25, 0.3) is 0 Å². The lowest BCUT2D eigenvalue weighted by atomic mass is 9.71. The van der Waals surface area contributed by atoms with E-state index in [2.05, 4.69) is 0 Å². The van der Waals surface area contributed by atoms with Crippen LogP contribution in [0.3, 0.4) is 0 Å². The van der Waals surface area contributed by atoms with E-state index in [0.29, 0.717) is 25.8 Å². The molecule has 2 bridgehead atoms. The molecule has 128 valence electrons. The fourth-order valence-corrected chi connectivity index (χ4v) is 4.02. The quantitative estimate of drug-likeness (QED) is 0.475. The number of hydrogen-bond donors (Lipinski definition) is 0. The topological polar surface area (TPSA) is 63.7 Å². The van der Waals surface area contributed by atoms with Crippen molar-refractivity contribution in [1.29, 1.82) is 0 Å². The van der Waals surface area contributed by atoms with E-state index in [-0.39, 0.29) is 18.4 Å². The molecule has 24 heavy (non-hydrogen) atoms. The fraction of sp³-hybridized carbons (Fsp3) is 0.500. The van der Waals surface area contributed by atoms with Crippen LogP contribution in [0.5, 0.6) is 0 Å². The molecule has 3 atom stereocenters. The van der Waals surface area contributed by atoms with E-state index in [1.165, 1.54) is 0 Å². The third kappa shape index (κ3) is 2.71. The van der Waals surface area contributed by atoms with Crippen molar-refractivity contribution in [2.24, 2.45) is 5.92 Å². The summed E-state index contributed by atoms with van der Waals surface area (Å²) in [7, 11) is 0. The van der Waals surface area contributed by atoms with Gasteiger partial charge in [0, 0.05) is 19.0 Å². The van der Waals surface area contributed by atoms with Crippen LogP contribution >= 0.6 is 11.6 Å². The molecule has 2 aliphatic rings. The van der Waals surface area contributed by atoms with Crippen LogP contribution in [0.15, 0.2) is 30.3 Å². The highest BCUT2D eigenvalue weighted by atomic mass is 35.5. The first-order valence-electron chi connectivity index (χ1n) is 8.22.